The van der Waals surface area contributed by atoms with Crippen LogP contribution in [0.15, 0.2) is 71.1 Å². The van der Waals surface area contributed by atoms with Gasteiger partial charge in [0, 0.05) is 23.5 Å². The summed E-state index contributed by atoms with van der Waals surface area (Å²) in [5.41, 5.74) is 2.70. The zero-order chi connectivity index (χ0) is 19.9. The average Bonchev–Trinajstić information content (AvgIpc) is 3.04. The van der Waals surface area contributed by atoms with Gasteiger partial charge in [-0.15, -0.1) is 0 Å². The Hall–Kier alpha value is -3.32. The Morgan fingerprint density at radius 1 is 0.929 bits per heavy atom. The van der Waals surface area contributed by atoms with Crippen LogP contribution >= 0.6 is 0 Å². The van der Waals surface area contributed by atoms with Crippen LogP contribution in [0.3, 0.4) is 0 Å². The van der Waals surface area contributed by atoms with E-state index in [-0.39, 0.29) is 5.56 Å². The van der Waals surface area contributed by atoms with Crippen LogP contribution in [0.25, 0.3) is 21.9 Å². The Labute approximate surface area is 162 Å². The first-order valence-corrected chi connectivity index (χ1v) is 10.4. The molecule has 0 radical (unpaired) electrons. The Balaban J connectivity index is 1.70. The van der Waals surface area contributed by atoms with Gasteiger partial charge in [0.15, 0.2) is 0 Å². The molecule has 0 atom stereocenters. The number of carbonyl (C=O) groups excluding carboxylic acids is 1. The highest BCUT2D eigenvalue weighted by Gasteiger charge is 2.19. The highest BCUT2D eigenvalue weighted by Crippen LogP contribution is 2.31. The van der Waals surface area contributed by atoms with Crippen LogP contribution < -0.4 is 9.62 Å². The lowest BCUT2D eigenvalue weighted by atomic mass is 10.1. The number of sulfonamides is 1. The molecule has 142 valence electrons. The van der Waals surface area contributed by atoms with E-state index in [1.54, 1.807) is 36.4 Å². The van der Waals surface area contributed by atoms with Crippen molar-refractivity contribution in [3.8, 4) is 0 Å². The number of anilines is 2. The van der Waals surface area contributed by atoms with Crippen molar-refractivity contribution >= 4 is 49.2 Å². The van der Waals surface area contributed by atoms with E-state index in [1.807, 2.05) is 30.3 Å². The first-order chi connectivity index (χ1) is 13.3. The van der Waals surface area contributed by atoms with Gasteiger partial charge in [0.05, 0.1) is 17.5 Å². The molecule has 0 bridgehead atoms. The lowest BCUT2D eigenvalue weighted by Gasteiger charge is -2.19. The predicted molar refractivity (Wildman–Crippen MR) is 111 cm³/mol. The van der Waals surface area contributed by atoms with Gasteiger partial charge in [0.1, 0.15) is 11.2 Å². The maximum atomic E-state index is 12.8. The number of furan rings is 1. The number of amides is 1. The summed E-state index contributed by atoms with van der Waals surface area (Å²) in [6.45, 7) is 0. The fraction of sp³-hybridized carbons (Fsp3) is 0.0952. The van der Waals surface area contributed by atoms with Crippen LogP contribution in [0.5, 0.6) is 0 Å². The molecule has 4 aromatic rings. The molecule has 1 N–H and O–H groups in total. The predicted octanol–water partition coefficient (Wildman–Crippen LogP) is 4.23. The van der Waals surface area contributed by atoms with E-state index >= 15 is 0 Å². The average molecular weight is 394 g/mol. The minimum atomic E-state index is -3.49. The normalized spacial score (nSPS) is 11.6. The quantitative estimate of drug-likeness (QED) is 0.562. The summed E-state index contributed by atoms with van der Waals surface area (Å²) in [6.07, 6.45) is 1.10. The van der Waals surface area contributed by atoms with Crippen molar-refractivity contribution in [2.24, 2.45) is 0 Å². The van der Waals surface area contributed by atoms with Crippen molar-refractivity contribution in [2.45, 2.75) is 0 Å². The van der Waals surface area contributed by atoms with E-state index in [0.717, 1.165) is 32.5 Å². The Bertz CT molecular complexity index is 1310. The molecule has 7 heteroatoms. The fourth-order valence-electron chi connectivity index (χ4n) is 3.12. The molecule has 0 spiro atoms. The van der Waals surface area contributed by atoms with Crippen LogP contribution in [0, 0.1) is 0 Å². The molecule has 28 heavy (non-hydrogen) atoms. The number of fused-ring (bicyclic) bond motifs is 3. The van der Waals surface area contributed by atoms with E-state index in [4.69, 9.17) is 4.42 Å². The van der Waals surface area contributed by atoms with Crippen molar-refractivity contribution in [1.82, 2.24) is 0 Å². The van der Waals surface area contributed by atoms with Crippen molar-refractivity contribution in [3.05, 3.63) is 72.3 Å². The van der Waals surface area contributed by atoms with Gasteiger partial charge < -0.3 is 9.73 Å². The molecule has 0 aliphatic rings. The lowest BCUT2D eigenvalue weighted by Crippen LogP contribution is -2.27. The molecular weight excluding hydrogens is 376 g/mol. The number of para-hydroxylation sites is 2. The second-order valence-electron chi connectivity index (χ2n) is 6.51. The van der Waals surface area contributed by atoms with Crippen LogP contribution in [0.2, 0.25) is 0 Å². The van der Waals surface area contributed by atoms with Gasteiger partial charge in [-0.25, -0.2) is 8.42 Å². The molecule has 1 aromatic heterocycles. The van der Waals surface area contributed by atoms with Crippen molar-refractivity contribution in [3.63, 3.8) is 0 Å². The summed E-state index contributed by atoms with van der Waals surface area (Å²) >= 11 is 0. The molecule has 0 fully saturated rings. The molecule has 6 nitrogen and oxygen atoms in total. The van der Waals surface area contributed by atoms with Gasteiger partial charge >= 0.3 is 0 Å². The number of nitrogens with one attached hydrogen (secondary N) is 1. The minimum Gasteiger partial charge on any atom is -0.456 e. The molecule has 0 aliphatic heterocycles. The van der Waals surface area contributed by atoms with Crippen molar-refractivity contribution < 1.29 is 17.6 Å². The van der Waals surface area contributed by atoms with E-state index in [9.17, 15) is 13.2 Å². The monoisotopic (exact) mass is 394 g/mol. The highest BCUT2D eigenvalue weighted by molar-refractivity contribution is 7.92. The minimum absolute atomic E-state index is 0.271. The third-order valence-corrected chi connectivity index (χ3v) is 5.81. The third kappa shape index (κ3) is 3.20. The summed E-state index contributed by atoms with van der Waals surface area (Å²) in [6, 6.07) is 19.7. The van der Waals surface area contributed by atoms with Crippen molar-refractivity contribution in [2.75, 3.05) is 22.9 Å². The van der Waals surface area contributed by atoms with Gasteiger partial charge in [-0.2, -0.15) is 0 Å². The highest BCUT2D eigenvalue weighted by atomic mass is 32.2. The van der Waals surface area contributed by atoms with Gasteiger partial charge in [0.2, 0.25) is 10.0 Å². The standard InChI is InChI=1S/C21H18N2O4S/c1-23(28(2,25)26)18-9-5-3-8-16(18)21(24)22-14-11-12-20-17(13-14)15-7-4-6-10-19(15)27-20/h3-13H,1-2H3,(H,22,24). The third-order valence-electron chi connectivity index (χ3n) is 4.62. The van der Waals surface area contributed by atoms with E-state index in [2.05, 4.69) is 5.32 Å². The van der Waals surface area contributed by atoms with Crippen LogP contribution in [-0.4, -0.2) is 27.6 Å². The van der Waals surface area contributed by atoms with E-state index in [0.29, 0.717) is 11.4 Å². The van der Waals surface area contributed by atoms with Crippen molar-refractivity contribution in [1.29, 1.82) is 0 Å². The zero-order valence-electron chi connectivity index (χ0n) is 15.3. The van der Waals surface area contributed by atoms with Gasteiger partial charge in [-0.05, 0) is 36.4 Å². The summed E-state index contributed by atoms with van der Waals surface area (Å²) < 4.78 is 30.7. The number of hydrogen-bond donors (Lipinski definition) is 1. The molecule has 0 unspecified atom stereocenters. The van der Waals surface area contributed by atoms with Crippen LogP contribution in [-0.2, 0) is 10.0 Å². The number of nitrogens with zero attached hydrogens (tertiary/aromatic N) is 1. The molecule has 1 heterocycles. The SMILES string of the molecule is CN(c1ccccc1C(=O)Nc1ccc2oc3ccccc3c2c1)S(C)(=O)=O. The second-order valence-corrected chi connectivity index (χ2v) is 8.52. The van der Waals surface area contributed by atoms with E-state index in [1.165, 1.54) is 7.05 Å². The lowest BCUT2D eigenvalue weighted by molar-refractivity contribution is 0.102. The molecule has 0 saturated heterocycles. The fourth-order valence-corrected chi connectivity index (χ4v) is 3.64. The largest absolute Gasteiger partial charge is 0.456 e. The number of carbonyl (C=O) groups is 1. The van der Waals surface area contributed by atoms with Gasteiger partial charge in [-0.3, -0.25) is 9.10 Å². The molecular formula is C21H18N2O4S. The molecule has 3 aromatic carbocycles. The first kappa shape index (κ1) is 18.1. The van der Waals surface area contributed by atoms with Gasteiger partial charge in [-0.1, -0.05) is 30.3 Å². The summed E-state index contributed by atoms with van der Waals surface area (Å²) in [4.78, 5) is 12.8. The molecule has 1 amide bonds. The van der Waals surface area contributed by atoms with E-state index < -0.39 is 15.9 Å². The summed E-state index contributed by atoms with van der Waals surface area (Å²) in [5, 5.41) is 4.71. The van der Waals surface area contributed by atoms with Crippen LogP contribution in [0.4, 0.5) is 11.4 Å². The smallest absolute Gasteiger partial charge is 0.257 e. The summed E-state index contributed by atoms with van der Waals surface area (Å²) in [7, 11) is -2.07. The second kappa shape index (κ2) is 6.69. The van der Waals surface area contributed by atoms with Crippen LogP contribution in [0.1, 0.15) is 10.4 Å². The maximum absolute atomic E-state index is 12.8. The topological polar surface area (TPSA) is 79.6 Å². The molecule has 0 aliphatic carbocycles. The molecule has 0 saturated carbocycles. The Kier molecular flexibility index (Phi) is 4.31. The van der Waals surface area contributed by atoms with Gasteiger partial charge in [0.25, 0.3) is 5.91 Å². The number of hydrogen-bond acceptors (Lipinski definition) is 4. The number of rotatable bonds is 4. The Morgan fingerprint density at radius 3 is 2.39 bits per heavy atom. The maximum Gasteiger partial charge on any atom is 0.257 e. The molecule has 4 rings (SSSR count). The Morgan fingerprint density at radius 2 is 1.61 bits per heavy atom. The zero-order valence-corrected chi connectivity index (χ0v) is 16.2. The number of benzene rings is 3. The summed E-state index contributed by atoms with van der Waals surface area (Å²) in [5.74, 6) is -0.391. The first-order valence-electron chi connectivity index (χ1n) is 8.60.